The molecule has 0 radical (unpaired) electrons. The van der Waals surface area contributed by atoms with Crippen molar-refractivity contribution in [1.29, 1.82) is 0 Å². The molecule has 2 heterocycles. The maximum atomic E-state index is 8.86. The van der Waals surface area contributed by atoms with Gasteiger partial charge < -0.3 is 14.2 Å². The van der Waals surface area contributed by atoms with Gasteiger partial charge in [0.1, 0.15) is 6.54 Å². The van der Waals surface area contributed by atoms with Gasteiger partial charge in [0.05, 0.1) is 6.61 Å². The lowest BCUT2D eigenvalue weighted by Gasteiger charge is -1.95. The van der Waals surface area contributed by atoms with Gasteiger partial charge in [-0.05, 0) is 18.6 Å². The van der Waals surface area contributed by atoms with E-state index in [0.717, 1.165) is 5.56 Å². The molecule has 0 saturated heterocycles. The molecule has 14 heavy (non-hydrogen) atoms. The number of nitrogens with zero attached hydrogens (tertiary/aromatic N) is 3. The second-order valence-corrected chi connectivity index (χ2v) is 3.09. The average Bonchev–Trinajstić information content (AvgIpc) is 2.76. The van der Waals surface area contributed by atoms with E-state index in [1.54, 1.807) is 6.92 Å². The number of aryl methyl sites for hydroxylation is 1. The summed E-state index contributed by atoms with van der Waals surface area (Å²) in [5.41, 5.74) is 0.876. The van der Waals surface area contributed by atoms with Crippen LogP contribution in [0.25, 0.3) is 0 Å². The van der Waals surface area contributed by atoms with Crippen molar-refractivity contribution in [3.63, 3.8) is 0 Å². The van der Waals surface area contributed by atoms with Gasteiger partial charge in [0, 0.05) is 12.4 Å². The first-order valence-electron chi connectivity index (χ1n) is 4.32. The second-order valence-electron chi connectivity index (χ2n) is 3.09. The number of aromatic nitrogens is 3. The molecule has 0 aliphatic heterocycles. The second kappa shape index (κ2) is 3.63. The minimum atomic E-state index is 0.0514. The average molecular weight is 193 g/mol. The molecular formula is C9H11N3O2. The Morgan fingerprint density at radius 3 is 3.00 bits per heavy atom. The molecular weight excluding hydrogens is 182 g/mol. The molecule has 0 spiro atoms. The quantitative estimate of drug-likeness (QED) is 0.780. The van der Waals surface area contributed by atoms with Crippen molar-refractivity contribution in [1.82, 2.24) is 14.7 Å². The van der Waals surface area contributed by atoms with Gasteiger partial charge in [-0.15, -0.1) is 0 Å². The van der Waals surface area contributed by atoms with E-state index >= 15 is 0 Å². The van der Waals surface area contributed by atoms with Crippen molar-refractivity contribution in [2.75, 3.05) is 0 Å². The van der Waals surface area contributed by atoms with Crippen molar-refractivity contribution < 1.29 is 9.63 Å². The van der Waals surface area contributed by atoms with Crippen LogP contribution < -0.4 is 0 Å². The smallest absolute Gasteiger partial charge is 0.246 e. The van der Waals surface area contributed by atoms with E-state index in [2.05, 4.69) is 10.1 Å². The lowest BCUT2D eigenvalue weighted by molar-refractivity contribution is 0.281. The van der Waals surface area contributed by atoms with Gasteiger partial charge in [-0.25, -0.2) is 0 Å². The zero-order chi connectivity index (χ0) is 9.97. The van der Waals surface area contributed by atoms with Crippen molar-refractivity contribution in [2.24, 2.45) is 0 Å². The van der Waals surface area contributed by atoms with E-state index in [4.69, 9.17) is 9.63 Å². The summed E-state index contributed by atoms with van der Waals surface area (Å²) in [6, 6.07) is 1.85. The van der Waals surface area contributed by atoms with Crippen molar-refractivity contribution >= 4 is 0 Å². The normalized spacial score (nSPS) is 10.7. The maximum absolute atomic E-state index is 8.86. The molecule has 1 N–H and O–H groups in total. The summed E-state index contributed by atoms with van der Waals surface area (Å²) in [6.07, 6.45) is 3.71. The first-order chi connectivity index (χ1) is 6.78. The van der Waals surface area contributed by atoms with E-state index in [0.29, 0.717) is 18.3 Å². The lowest BCUT2D eigenvalue weighted by Crippen LogP contribution is -1.96. The third kappa shape index (κ3) is 1.82. The fourth-order valence-corrected chi connectivity index (χ4v) is 1.24. The Kier molecular flexibility index (Phi) is 2.32. The Labute approximate surface area is 81.0 Å². The predicted octanol–water partition coefficient (Wildman–Crippen LogP) is 0.720. The maximum Gasteiger partial charge on any atom is 0.246 e. The molecule has 5 nitrogen and oxygen atoms in total. The highest BCUT2D eigenvalue weighted by molar-refractivity contribution is 5.09. The summed E-state index contributed by atoms with van der Waals surface area (Å²) in [5.74, 6) is 1.21. The van der Waals surface area contributed by atoms with Crippen molar-refractivity contribution in [3.8, 4) is 0 Å². The van der Waals surface area contributed by atoms with Crippen LogP contribution in [0.1, 0.15) is 17.3 Å². The highest BCUT2D eigenvalue weighted by atomic mass is 16.5. The number of aliphatic hydroxyl groups is 1. The summed E-state index contributed by atoms with van der Waals surface area (Å²) >= 11 is 0. The predicted molar refractivity (Wildman–Crippen MR) is 48.5 cm³/mol. The first kappa shape index (κ1) is 8.96. The molecule has 2 aromatic heterocycles. The van der Waals surface area contributed by atoms with Gasteiger partial charge >= 0.3 is 0 Å². The Balaban J connectivity index is 2.10. The van der Waals surface area contributed by atoms with E-state index in [1.807, 2.05) is 23.0 Å². The van der Waals surface area contributed by atoms with Gasteiger partial charge in [-0.1, -0.05) is 5.16 Å². The fraction of sp³-hybridized carbons (Fsp3) is 0.333. The number of hydrogen-bond donors (Lipinski definition) is 1. The molecule has 0 amide bonds. The van der Waals surface area contributed by atoms with Gasteiger partial charge in [-0.3, -0.25) is 0 Å². The fourth-order valence-electron chi connectivity index (χ4n) is 1.24. The summed E-state index contributed by atoms with van der Waals surface area (Å²) in [6.45, 7) is 2.37. The van der Waals surface area contributed by atoms with E-state index in [-0.39, 0.29) is 6.61 Å². The Bertz CT molecular complexity index is 419. The lowest BCUT2D eigenvalue weighted by atomic mass is 10.4. The highest BCUT2D eigenvalue weighted by Gasteiger charge is 2.03. The monoisotopic (exact) mass is 193 g/mol. The third-order valence-electron chi connectivity index (χ3n) is 1.88. The number of aliphatic hydroxyl groups excluding tert-OH is 1. The molecule has 0 bridgehead atoms. The summed E-state index contributed by atoms with van der Waals surface area (Å²) in [7, 11) is 0. The minimum Gasteiger partial charge on any atom is -0.392 e. The minimum absolute atomic E-state index is 0.0514. The summed E-state index contributed by atoms with van der Waals surface area (Å²) in [5, 5.41) is 12.5. The molecule has 0 aliphatic rings. The molecule has 2 aromatic rings. The molecule has 5 heteroatoms. The molecule has 2 rings (SSSR count). The molecule has 0 unspecified atom stereocenters. The van der Waals surface area contributed by atoms with Crippen LogP contribution in [0.3, 0.4) is 0 Å². The standard InChI is InChI=1S/C9H11N3O2/c1-7-10-9(14-11-7)5-12-3-2-8(4-12)6-13/h2-4,13H,5-6H2,1H3. The SMILES string of the molecule is Cc1noc(Cn2ccc(CO)c2)n1. The topological polar surface area (TPSA) is 64.1 Å². The van der Waals surface area contributed by atoms with Crippen LogP contribution in [0.4, 0.5) is 0 Å². The highest BCUT2D eigenvalue weighted by Crippen LogP contribution is 2.04. The van der Waals surface area contributed by atoms with E-state index < -0.39 is 0 Å². The van der Waals surface area contributed by atoms with E-state index in [1.165, 1.54) is 0 Å². The van der Waals surface area contributed by atoms with Crippen LogP contribution in [-0.2, 0) is 13.2 Å². The molecule has 0 aromatic carbocycles. The Hall–Kier alpha value is -1.62. The summed E-state index contributed by atoms with van der Waals surface area (Å²) < 4.78 is 6.85. The van der Waals surface area contributed by atoms with Crippen molar-refractivity contribution in [3.05, 3.63) is 35.7 Å². The Morgan fingerprint density at radius 1 is 1.57 bits per heavy atom. The molecule has 74 valence electrons. The summed E-state index contributed by atoms with van der Waals surface area (Å²) in [4.78, 5) is 4.08. The third-order valence-corrected chi connectivity index (χ3v) is 1.88. The molecule has 0 aliphatic carbocycles. The largest absolute Gasteiger partial charge is 0.392 e. The van der Waals surface area contributed by atoms with Crippen LogP contribution in [0.15, 0.2) is 23.0 Å². The molecule has 0 fully saturated rings. The van der Waals surface area contributed by atoms with Gasteiger partial charge in [0.2, 0.25) is 5.89 Å². The van der Waals surface area contributed by atoms with Crippen molar-refractivity contribution in [2.45, 2.75) is 20.1 Å². The molecule has 0 atom stereocenters. The Morgan fingerprint density at radius 2 is 2.43 bits per heavy atom. The van der Waals surface area contributed by atoms with Gasteiger partial charge in [0.15, 0.2) is 5.82 Å². The molecule has 0 saturated carbocycles. The number of hydrogen-bond acceptors (Lipinski definition) is 4. The van der Waals surface area contributed by atoms with Gasteiger partial charge in [-0.2, -0.15) is 4.98 Å². The van der Waals surface area contributed by atoms with Crippen LogP contribution >= 0.6 is 0 Å². The zero-order valence-corrected chi connectivity index (χ0v) is 7.84. The number of rotatable bonds is 3. The van der Waals surface area contributed by atoms with Gasteiger partial charge in [0.25, 0.3) is 0 Å². The first-order valence-corrected chi connectivity index (χ1v) is 4.32. The van der Waals surface area contributed by atoms with Crippen LogP contribution in [0.5, 0.6) is 0 Å². The van der Waals surface area contributed by atoms with E-state index in [9.17, 15) is 0 Å². The zero-order valence-electron chi connectivity index (χ0n) is 7.84. The van der Waals surface area contributed by atoms with Crippen LogP contribution in [-0.4, -0.2) is 19.8 Å². The van der Waals surface area contributed by atoms with Crippen LogP contribution in [0, 0.1) is 6.92 Å². The van der Waals surface area contributed by atoms with Crippen LogP contribution in [0.2, 0.25) is 0 Å².